The summed E-state index contributed by atoms with van der Waals surface area (Å²) in [6.45, 7) is 5.32. The van der Waals surface area contributed by atoms with Gasteiger partial charge in [0.25, 0.3) is 10.0 Å². The second kappa shape index (κ2) is 5.81. The molecule has 0 fully saturated rings. The average Bonchev–Trinajstić information content (AvgIpc) is 2.42. The van der Waals surface area contributed by atoms with Gasteiger partial charge >= 0.3 is 0 Å². The summed E-state index contributed by atoms with van der Waals surface area (Å²) < 4.78 is 27.5. The molecule has 116 valence electrons. The lowest BCUT2D eigenvalue weighted by molar-refractivity contribution is -0.255. The standard InChI is InChI=1S/C16H17NO4S/c1-10-4-7-14(12(3)8-10)17-22(20,21)15-9-13(16(18)19)6-5-11(15)2/h4-9,17H,1-3H3,(H,18,19)/p-1. The van der Waals surface area contributed by atoms with Crippen molar-refractivity contribution in [2.24, 2.45) is 0 Å². The third-order valence-electron chi connectivity index (χ3n) is 3.34. The molecule has 0 unspecified atom stereocenters. The van der Waals surface area contributed by atoms with Crippen LogP contribution in [-0.2, 0) is 10.0 Å². The summed E-state index contributed by atoms with van der Waals surface area (Å²) in [5.41, 5.74) is 2.56. The van der Waals surface area contributed by atoms with Gasteiger partial charge in [0.1, 0.15) is 0 Å². The van der Waals surface area contributed by atoms with Crippen LogP contribution < -0.4 is 9.83 Å². The van der Waals surface area contributed by atoms with E-state index in [4.69, 9.17) is 0 Å². The Morgan fingerprint density at radius 2 is 1.68 bits per heavy atom. The number of rotatable bonds is 4. The number of sulfonamides is 1. The lowest BCUT2D eigenvalue weighted by atomic mass is 10.1. The van der Waals surface area contributed by atoms with Gasteiger partial charge in [-0.15, -0.1) is 0 Å². The molecular weight excluding hydrogens is 302 g/mol. The van der Waals surface area contributed by atoms with Crippen LogP contribution in [0, 0.1) is 20.8 Å². The molecule has 6 heteroatoms. The lowest BCUT2D eigenvalue weighted by Crippen LogP contribution is -2.23. The number of benzene rings is 2. The van der Waals surface area contributed by atoms with E-state index in [0.29, 0.717) is 11.3 Å². The van der Waals surface area contributed by atoms with Gasteiger partial charge < -0.3 is 9.90 Å². The fourth-order valence-corrected chi connectivity index (χ4v) is 3.55. The van der Waals surface area contributed by atoms with E-state index >= 15 is 0 Å². The molecule has 2 aromatic rings. The highest BCUT2D eigenvalue weighted by molar-refractivity contribution is 7.92. The summed E-state index contributed by atoms with van der Waals surface area (Å²) in [6, 6.07) is 9.22. The van der Waals surface area contributed by atoms with Crippen molar-refractivity contribution in [3.63, 3.8) is 0 Å². The number of nitrogens with one attached hydrogen (secondary N) is 1. The summed E-state index contributed by atoms with van der Waals surface area (Å²) >= 11 is 0. The van der Waals surface area contributed by atoms with E-state index in [2.05, 4.69) is 4.72 Å². The second-order valence-corrected chi connectivity index (χ2v) is 6.84. The normalized spacial score (nSPS) is 11.2. The maximum atomic E-state index is 12.5. The molecule has 2 aromatic carbocycles. The second-order valence-electron chi connectivity index (χ2n) is 5.19. The van der Waals surface area contributed by atoms with Crippen molar-refractivity contribution in [3.8, 4) is 0 Å². The van der Waals surface area contributed by atoms with E-state index in [1.54, 1.807) is 26.0 Å². The Hall–Kier alpha value is -2.34. The largest absolute Gasteiger partial charge is 0.545 e. The first-order chi connectivity index (χ1) is 10.2. The highest BCUT2D eigenvalue weighted by Crippen LogP contribution is 2.23. The van der Waals surface area contributed by atoms with Crippen molar-refractivity contribution in [2.45, 2.75) is 25.7 Å². The molecule has 0 saturated carbocycles. The van der Waals surface area contributed by atoms with E-state index in [1.807, 2.05) is 13.0 Å². The molecule has 0 saturated heterocycles. The van der Waals surface area contributed by atoms with Gasteiger partial charge in [-0.1, -0.05) is 29.8 Å². The Kier molecular flexibility index (Phi) is 4.23. The number of carboxylic acids is 1. The summed E-state index contributed by atoms with van der Waals surface area (Å²) in [5.74, 6) is -1.41. The zero-order valence-electron chi connectivity index (χ0n) is 12.5. The van der Waals surface area contributed by atoms with Gasteiger partial charge in [-0.05, 0) is 49.6 Å². The Morgan fingerprint density at radius 1 is 1.00 bits per heavy atom. The van der Waals surface area contributed by atoms with E-state index in [-0.39, 0.29) is 10.5 Å². The van der Waals surface area contributed by atoms with Crippen LogP contribution >= 0.6 is 0 Å². The number of carbonyl (C=O) groups excluding carboxylic acids is 1. The van der Waals surface area contributed by atoms with Crippen molar-refractivity contribution in [1.82, 2.24) is 0 Å². The molecule has 0 atom stereocenters. The number of aromatic carboxylic acids is 1. The van der Waals surface area contributed by atoms with Crippen LogP contribution in [0.4, 0.5) is 5.69 Å². The third kappa shape index (κ3) is 3.28. The van der Waals surface area contributed by atoms with Crippen LogP contribution in [0.1, 0.15) is 27.0 Å². The van der Waals surface area contributed by atoms with Crippen molar-refractivity contribution in [3.05, 3.63) is 58.7 Å². The molecule has 0 aliphatic heterocycles. The van der Waals surface area contributed by atoms with E-state index in [1.165, 1.54) is 12.1 Å². The lowest BCUT2D eigenvalue weighted by Gasteiger charge is -2.14. The molecule has 1 N–H and O–H groups in total. The predicted octanol–water partition coefficient (Wildman–Crippen LogP) is 1.78. The molecule has 0 amide bonds. The summed E-state index contributed by atoms with van der Waals surface area (Å²) in [6.07, 6.45) is 0. The predicted molar refractivity (Wildman–Crippen MR) is 82.2 cm³/mol. The fraction of sp³-hybridized carbons (Fsp3) is 0.188. The zero-order valence-corrected chi connectivity index (χ0v) is 13.3. The Balaban J connectivity index is 2.46. The van der Waals surface area contributed by atoms with Crippen LogP contribution in [0.25, 0.3) is 0 Å². The maximum Gasteiger partial charge on any atom is 0.262 e. The van der Waals surface area contributed by atoms with Crippen molar-refractivity contribution in [2.75, 3.05) is 4.72 Å². The minimum Gasteiger partial charge on any atom is -0.545 e. The molecule has 0 spiro atoms. The Morgan fingerprint density at radius 3 is 2.27 bits per heavy atom. The van der Waals surface area contributed by atoms with Gasteiger partial charge in [0.05, 0.1) is 16.6 Å². The van der Waals surface area contributed by atoms with Gasteiger partial charge in [-0.25, -0.2) is 8.42 Å². The summed E-state index contributed by atoms with van der Waals surface area (Å²) in [7, 11) is -3.88. The highest BCUT2D eigenvalue weighted by atomic mass is 32.2. The molecule has 0 radical (unpaired) electrons. The van der Waals surface area contributed by atoms with Crippen molar-refractivity contribution in [1.29, 1.82) is 0 Å². The number of aryl methyl sites for hydroxylation is 3. The third-order valence-corrected chi connectivity index (χ3v) is 4.85. The van der Waals surface area contributed by atoms with Crippen LogP contribution in [0.15, 0.2) is 41.3 Å². The van der Waals surface area contributed by atoms with Gasteiger partial charge in [0, 0.05) is 0 Å². The van der Waals surface area contributed by atoms with Crippen molar-refractivity contribution >= 4 is 21.7 Å². The molecule has 2 rings (SSSR count). The van der Waals surface area contributed by atoms with Crippen LogP contribution in [0.3, 0.4) is 0 Å². The van der Waals surface area contributed by atoms with E-state index in [0.717, 1.165) is 17.2 Å². The quantitative estimate of drug-likeness (QED) is 0.931. The van der Waals surface area contributed by atoms with E-state index in [9.17, 15) is 18.3 Å². The molecular formula is C16H16NO4S-. The van der Waals surface area contributed by atoms with Gasteiger partial charge in [0.15, 0.2) is 0 Å². The van der Waals surface area contributed by atoms with Gasteiger partial charge in [0.2, 0.25) is 0 Å². The van der Waals surface area contributed by atoms with Crippen LogP contribution in [0.2, 0.25) is 0 Å². The first-order valence-corrected chi connectivity index (χ1v) is 8.11. The summed E-state index contributed by atoms with van der Waals surface area (Å²) in [4.78, 5) is 10.8. The molecule has 0 aromatic heterocycles. The van der Waals surface area contributed by atoms with Crippen LogP contribution in [-0.4, -0.2) is 14.4 Å². The van der Waals surface area contributed by atoms with Gasteiger partial charge in [-0.3, -0.25) is 4.72 Å². The fourth-order valence-electron chi connectivity index (χ4n) is 2.14. The molecule has 22 heavy (non-hydrogen) atoms. The highest BCUT2D eigenvalue weighted by Gasteiger charge is 2.18. The number of carbonyl (C=O) groups is 1. The monoisotopic (exact) mass is 318 g/mol. The van der Waals surface area contributed by atoms with Crippen LogP contribution in [0.5, 0.6) is 0 Å². The SMILES string of the molecule is Cc1ccc(NS(=O)(=O)c2cc(C(=O)[O-])ccc2C)c(C)c1. The first kappa shape index (κ1) is 16.0. The number of hydrogen-bond donors (Lipinski definition) is 1. The molecule has 0 heterocycles. The first-order valence-electron chi connectivity index (χ1n) is 6.63. The van der Waals surface area contributed by atoms with Crippen molar-refractivity contribution < 1.29 is 18.3 Å². The average molecular weight is 318 g/mol. The molecule has 5 nitrogen and oxygen atoms in total. The Labute approximate surface area is 129 Å². The Bertz CT molecular complexity index is 841. The number of carboxylic acid groups (broad SMARTS) is 1. The zero-order chi connectivity index (χ0) is 16.5. The smallest absolute Gasteiger partial charge is 0.262 e. The number of anilines is 1. The summed E-state index contributed by atoms with van der Waals surface area (Å²) in [5, 5.41) is 10.9. The maximum absolute atomic E-state index is 12.5. The molecule has 0 aliphatic carbocycles. The topological polar surface area (TPSA) is 86.3 Å². The molecule has 0 bridgehead atoms. The minimum absolute atomic E-state index is 0.0748. The van der Waals surface area contributed by atoms with E-state index < -0.39 is 16.0 Å². The molecule has 0 aliphatic rings. The number of hydrogen-bond acceptors (Lipinski definition) is 4. The minimum atomic E-state index is -3.88. The van der Waals surface area contributed by atoms with Gasteiger partial charge in [-0.2, -0.15) is 0 Å².